The Morgan fingerprint density at radius 1 is 1.44 bits per heavy atom. The maximum Gasteiger partial charge on any atom is 0.296 e. The van der Waals surface area contributed by atoms with Crippen molar-refractivity contribution in [2.75, 3.05) is 7.11 Å². The number of ether oxygens (including phenoxy) is 1. The molecule has 0 saturated carbocycles. The Hall–Kier alpha value is -1.85. The van der Waals surface area contributed by atoms with Crippen LogP contribution < -0.4 is 10.3 Å². The molecule has 0 spiro atoms. The van der Waals surface area contributed by atoms with Gasteiger partial charge in [-0.3, -0.25) is 14.6 Å². The quantitative estimate of drug-likeness (QED) is 0.774. The molecule has 6 heteroatoms. The summed E-state index contributed by atoms with van der Waals surface area (Å²) in [4.78, 5) is 31.6. The van der Waals surface area contributed by atoms with Crippen LogP contribution in [-0.2, 0) is 6.54 Å². The predicted octanol–water partition coefficient (Wildman–Crippen LogP) is 0.143. The number of fused-ring (bicyclic) bond motifs is 1. The summed E-state index contributed by atoms with van der Waals surface area (Å²) in [6.07, 6.45) is 0. The van der Waals surface area contributed by atoms with Gasteiger partial charge >= 0.3 is 0 Å². The number of rotatable bonds is 2. The molecule has 1 amide bonds. The van der Waals surface area contributed by atoms with Crippen molar-refractivity contribution in [3.05, 3.63) is 21.6 Å². The fraction of sp³-hybridized carbons (Fsp3) is 0.500. The number of H-pyrrole nitrogens is 1. The largest absolute Gasteiger partial charge is 0.468 e. The van der Waals surface area contributed by atoms with Gasteiger partial charge in [-0.1, -0.05) is 0 Å². The van der Waals surface area contributed by atoms with Gasteiger partial charge in [-0.2, -0.15) is 4.98 Å². The third kappa shape index (κ3) is 1.46. The minimum Gasteiger partial charge on any atom is -0.468 e. The minimum atomic E-state index is -0.307. The fourth-order valence-electron chi connectivity index (χ4n) is 1.69. The molecular weight excluding hydrogens is 210 g/mol. The van der Waals surface area contributed by atoms with Gasteiger partial charge < -0.3 is 9.64 Å². The van der Waals surface area contributed by atoms with Crippen molar-refractivity contribution in [3.8, 4) is 6.01 Å². The molecule has 0 aromatic carbocycles. The van der Waals surface area contributed by atoms with Crippen molar-refractivity contribution in [1.82, 2.24) is 14.9 Å². The molecule has 86 valence electrons. The Morgan fingerprint density at radius 3 is 2.69 bits per heavy atom. The van der Waals surface area contributed by atoms with Gasteiger partial charge in [-0.05, 0) is 13.8 Å². The normalized spacial score (nSPS) is 14.5. The fourth-order valence-corrected chi connectivity index (χ4v) is 1.69. The second-order valence-corrected chi connectivity index (χ2v) is 3.93. The number of aromatic nitrogens is 2. The molecule has 0 unspecified atom stereocenters. The molecule has 0 bridgehead atoms. The Kier molecular flexibility index (Phi) is 2.41. The van der Waals surface area contributed by atoms with E-state index in [1.807, 2.05) is 13.8 Å². The maximum absolute atomic E-state index is 11.9. The summed E-state index contributed by atoms with van der Waals surface area (Å²) >= 11 is 0. The smallest absolute Gasteiger partial charge is 0.296 e. The minimum absolute atomic E-state index is 0.0482. The Bertz CT molecular complexity index is 493. The predicted molar refractivity (Wildman–Crippen MR) is 56.4 cm³/mol. The van der Waals surface area contributed by atoms with Crippen LogP contribution in [0.5, 0.6) is 6.01 Å². The first-order valence-corrected chi connectivity index (χ1v) is 5.02. The van der Waals surface area contributed by atoms with Crippen LogP contribution in [0.4, 0.5) is 0 Å². The molecule has 1 aliphatic heterocycles. The van der Waals surface area contributed by atoms with Crippen LogP contribution in [0.15, 0.2) is 4.79 Å². The molecule has 2 heterocycles. The van der Waals surface area contributed by atoms with Gasteiger partial charge in [0, 0.05) is 6.04 Å². The van der Waals surface area contributed by atoms with Gasteiger partial charge in [0.2, 0.25) is 0 Å². The lowest BCUT2D eigenvalue weighted by atomic mass is 10.3. The van der Waals surface area contributed by atoms with Gasteiger partial charge in [0.25, 0.3) is 17.5 Å². The SMILES string of the molecule is COc1nc2c(c(=O)[nH]1)CN(C(C)C)C2=O. The van der Waals surface area contributed by atoms with E-state index in [9.17, 15) is 9.59 Å². The third-order valence-electron chi connectivity index (χ3n) is 2.60. The first-order valence-electron chi connectivity index (χ1n) is 5.02. The van der Waals surface area contributed by atoms with Crippen molar-refractivity contribution in [2.24, 2.45) is 0 Å². The van der Waals surface area contributed by atoms with Gasteiger partial charge in [-0.15, -0.1) is 0 Å². The summed E-state index contributed by atoms with van der Waals surface area (Å²) in [6.45, 7) is 4.11. The molecule has 16 heavy (non-hydrogen) atoms. The number of amides is 1. The van der Waals surface area contributed by atoms with E-state index in [0.717, 1.165) is 0 Å². The van der Waals surface area contributed by atoms with Gasteiger partial charge in [0.15, 0.2) is 0 Å². The molecular formula is C10H13N3O3. The summed E-state index contributed by atoms with van der Waals surface area (Å²) in [6, 6.07) is 0.120. The molecule has 1 aromatic heterocycles. The second-order valence-electron chi connectivity index (χ2n) is 3.93. The van der Waals surface area contributed by atoms with Gasteiger partial charge in [-0.25, -0.2) is 0 Å². The van der Waals surface area contributed by atoms with Gasteiger partial charge in [0.1, 0.15) is 5.69 Å². The van der Waals surface area contributed by atoms with E-state index in [4.69, 9.17) is 4.74 Å². The highest BCUT2D eigenvalue weighted by Gasteiger charge is 2.33. The number of carbonyl (C=O) groups is 1. The number of carbonyl (C=O) groups excluding carboxylic acids is 1. The van der Waals surface area contributed by atoms with E-state index in [-0.39, 0.29) is 29.2 Å². The highest BCUT2D eigenvalue weighted by Crippen LogP contribution is 2.20. The zero-order valence-electron chi connectivity index (χ0n) is 9.40. The summed E-state index contributed by atoms with van der Waals surface area (Å²) in [7, 11) is 1.39. The maximum atomic E-state index is 11.9. The number of methoxy groups -OCH3 is 1. The van der Waals surface area contributed by atoms with E-state index in [2.05, 4.69) is 9.97 Å². The lowest BCUT2D eigenvalue weighted by Gasteiger charge is -2.19. The molecule has 1 N–H and O–H groups in total. The van der Waals surface area contributed by atoms with Crippen molar-refractivity contribution in [2.45, 2.75) is 26.4 Å². The number of hydrogen-bond donors (Lipinski definition) is 1. The number of hydrogen-bond acceptors (Lipinski definition) is 4. The van der Waals surface area contributed by atoms with Crippen LogP contribution in [0.3, 0.4) is 0 Å². The lowest BCUT2D eigenvalue weighted by molar-refractivity contribution is 0.0726. The van der Waals surface area contributed by atoms with Crippen molar-refractivity contribution >= 4 is 5.91 Å². The van der Waals surface area contributed by atoms with E-state index < -0.39 is 0 Å². The molecule has 0 aliphatic carbocycles. The van der Waals surface area contributed by atoms with Crippen LogP contribution in [0.25, 0.3) is 0 Å². The van der Waals surface area contributed by atoms with E-state index in [0.29, 0.717) is 12.1 Å². The van der Waals surface area contributed by atoms with E-state index in [1.165, 1.54) is 7.11 Å². The molecule has 0 saturated heterocycles. The molecule has 2 rings (SSSR count). The highest BCUT2D eigenvalue weighted by molar-refractivity contribution is 5.96. The van der Waals surface area contributed by atoms with Crippen LogP contribution in [-0.4, -0.2) is 33.9 Å². The average molecular weight is 223 g/mol. The summed E-state index contributed by atoms with van der Waals surface area (Å²) in [5.74, 6) is -0.214. The topological polar surface area (TPSA) is 75.3 Å². The van der Waals surface area contributed by atoms with Crippen LogP contribution in [0.1, 0.15) is 29.9 Å². The van der Waals surface area contributed by atoms with Crippen LogP contribution in [0, 0.1) is 0 Å². The molecule has 0 fully saturated rings. The first kappa shape index (κ1) is 10.7. The van der Waals surface area contributed by atoms with E-state index in [1.54, 1.807) is 4.90 Å². The van der Waals surface area contributed by atoms with Crippen molar-refractivity contribution in [1.29, 1.82) is 0 Å². The first-order chi connectivity index (χ1) is 7.54. The van der Waals surface area contributed by atoms with Crippen molar-refractivity contribution in [3.63, 3.8) is 0 Å². The summed E-state index contributed by atoms with van der Waals surface area (Å²) in [5.41, 5.74) is 0.312. The van der Waals surface area contributed by atoms with Crippen LogP contribution in [0.2, 0.25) is 0 Å². The van der Waals surface area contributed by atoms with Crippen LogP contribution >= 0.6 is 0 Å². The zero-order valence-corrected chi connectivity index (χ0v) is 9.40. The monoisotopic (exact) mass is 223 g/mol. The molecule has 0 atom stereocenters. The number of nitrogens with zero attached hydrogens (tertiary/aromatic N) is 2. The summed E-state index contributed by atoms with van der Waals surface area (Å²) < 4.78 is 4.83. The molecule has 0 radical (unpaired) electrons. The molecule has 1 aromatic rings. The standard InChI is InChI=1S/C10H13N3O3/c1-5(2)13-4-6-7(9(13)15)11-10(16-3)12-8(6)14/h5H,4H2,1-3H3,(H,11,12,14). The van der Waals surface area contributed by atoms with Crippen molar-refractivity contribution < 1.29 is 9.53 Å². The lowest BCUT2D eigenvalue weighted by Crippen LogP contribution is -2.31. The Balaban J connectivity index is 2.52. The van der Waals surface area contributed by atoms with E-state index >= 15 is 0 Å². The van der Waals surface area contributed by atoms with Gasteiger partial charge in [0.05, 0.1) is 19.2 Å². The average Bonchev–Trinajstić information content (AvgIpc) is 2.57. The Morgan fingerprint density at radius 2 is 2.12 bits per heavy atom. The number of nitrogens with one attached hydrogen (secondary N) is 1. The molecule has 6 nitrogen and oxygen atoms in total. The number of aromatic amines is 1. The zero-order chi connectivity index (χ0) is 11.9. The second kappa shape index (κ2) is 3.62. The highest BCUT2D eigenvalue weighted by atomic mass is 16.5. The Labute approximate surface area is 92.3 Å². The molecule has 1 aliphatic rings. The summed E-state index contributed by atoms with van der Waals surface area (Å²) in [5, 5.41) is 0. The third-order valence-corrected chi connectivity index (χ3v) is 2.60.